The molecule has 0 radical (unpaired) electrons. The Hall–Kier alpha value is -1.71. The molecule has 0 saturated carbocycles. The number of nitrogens with two attached hydrogens (primary N) is 1. The second-order valence-electron chi connectivity index (χ2n) is 5.56. The maximum absolute atomic E-state index is 12.0. The maximum atomic E-state index is 12.0. The van der Waals surface area contributed by atoms with E-state index in [0.717, 1.165) is 31.6 Å². The van der Waals surface area contributed by atoms with Crippen molar-refractivity contribution in [1.82, 2.24) is 10.2 Å². The fourth-order valence-electron chi connectivity index (χ4n) is 2.58. The largest absolute Gasteiger partial charge is 0.399 e. The molecule has 1 unspecified atom stereocenters. The Balaban J connectivity index is 2.03. The smallest absolute Gasteiger partial charge is 0.317 e. The molecular weight excluding hydrogens is 238 g/mol. The number of hydrogen-bond acceptors (Lipinski definition) is 2. The minimum atomic E-state index is 0.0450. The van der Waals surface area contributed by atoms with Crippen LogP contribution in [0.25, 0.3) is 0 Å². The zero-order valence-corrected chi connectivity index (χ0v) is 11.7. The Morgan fingerprint density at radius 2 is 2.26 bits per heavy atom. The average molecular weight is 261 g/mol. The Morgan fingerprint density at radius 3 is 2.95 bits per heavy atom. The van der Waals surface area contributed by atoms with Gasteiger partial charge in [-0.05, 0) is 44.4 Å². The van der Waals surface area contributed by atoms with Gasteiger partial charge in [0.1, 0.15) is 0 Å². The Kier molecular flexibility index (Phi) is 4.30. The fraction of sp³-hybridized carbons (Fsp3) is 0.533. The van der Waals surface area contributed by atoms with Gasteiger partial charge < -0.3 is 16.0 Å². The summed E-state index contributed by atoms with van der Waals surface area (Å²) in [7, 11) is 0. The van der Waals surface area contributed by atoms with Crippen molar-refractivity contribution < 1.29 is 4.79 Å². The lowest BCUT2D eigenvalue weighted by Gasteiger charge is -2.33. The number of anilines is 1. The third kappa shape index (κ3) is 3.63. The van der Waals surface area contributed by atoms with Crippen LogP contribution in [0.2, 0.25) is 0 Å². The van der Waals surface area contributed by atoms with Crippen LogP contribution in [0.15, 0.2) is 24.3 Å². The van der Waals surface area contributed by atoms with Crippen molar-refractivity contribution in [3.63, 3.8) is 0 Å². The molecule has 0 aromatic heterocycles. The van der Waals surface area contributed by atoms with E-state index in [4.69, 9.17) is 5.73 Å². The van der Waals surface area contributed by atoms with E-state index in [0.29, 0.717) is 5.92 Å². The first-order valence-corrected chi connectivity index (χ1v) is 6.97. The Morgan fingerprint density at radius 1 is 1.47 bits per heavy atom. The van der Waals surface area contributed by atoms with E-state index >= 15 is 0 Å². The second kappa shape index (κ2) is 5.95. The van der Waals surface area contributed by atoms with Crippen molar-refractivity contribution >= 4 is 11.7 Å². The maximum Gasteiger partial charge on any atom is 0.317 e. The standard InChI is InChI=1S/C15H23N3O/c1-11(2)17-15(19)18-8-4-6-13(10-18)12-5-3-7-14(16)9-12/h3,5,7,9,11,13H,4,6,8,10,16H2,1-2H3,(H,17,19). The summed E-state index contributed by atoms with van der Waals surface area (Å²) in [4.78, 5) is 14.0. The van der Waals surface area contributed by atoms with Crippen molar-refractivity contribution in [3.05, 3.63) is 29.8 Å². The molecule has 1 aliphatic rings. The van der Waals surface area contributed by atoms with Gasteiger partial charge in [-0.1, -0.05) is 12.1 Å². The van der Waals surface area contributed by atoms with E-state index in [9.17, 15) is 4.79 Å². The quantitative estimate of drug-likeness (QED) is 0.804. The molecule has 2 rings (SSSR count). The van der Waals surface area contributed by atoms with Gasteiger partial charge in [-0.15, -0.1) is 0 Å². The number of hydrogen-bond donors (Lipinski definition) is 2. The zero-order valence-electron chi connectivity index (χ0n) is 11.7. The second-order valence-corrected chi connectivity index (χ2v) is 5.56. The number of rotatable bonds is 2. The molecule has 19 heavy (non-hydrogen) atoms. The van der Waals surface area contributed by atoms with Gasteiger partial charge >= 0.3 is 6.03 Å². The number of amides is 2. The molecule has 1 aliphatic heterocycles. The molecule has 1 saturated heterocycles. The Labute approximate surface area is 115 Å². The van der Waals surface area contributed by atoms with Gasteiger partial charge in [0.25, 0.3) is 0 Å². The molecule has 4 heteroatoms. The van der Waals surface area contributed by atoms with E-state index in [1.54, 1.807) is 0 Å². The highest BCUT2D eigenvalue weighted by Gasteiger charge is 2.24. The van der Waals surface area contributed by atoms with Crippen LogP contribution in [-0.2, 0) is 0 Å². The van der Waals surface area contributed by atoms with Crippen molar-refractivity contribution in [2.45, 2.75) is 38.6 Å². The molecule has 4 nitrogen and oxygen atoms in total. The van der Waals surface area contributed by atoms with Gasteiger partial charge in [-0.25, -0.2) is 4.79 Å². The number of nitrogens with one attached hydrogen (secondary N) is 1. The first kappa shape index (κ1) is 13.7. The van der Waals surface area contributed by atoms with Crippen LogP contribution in [0.3, 0.4) is 0 Å². The van der Waals surface area contributed by atoms with Gasteiger partial charge in [0.2, 0.25) is 0 Å². The minimum absolute atomic E-state index is 0.0450. The van der Waals surface area contributed by atoms with Crippen LogP contribution in [0.1, 0.15) is 38.2 Å². The molecule has 0 aliphatic carbocycles. The van der Waals surface area contributed by atoms with E-state index in [1.807, 2.05) is 36.9 Å². The van der Waals surface area contributed by atoms with Gasteiger partial charge in [-0.2, -0.15) is 0 Å². The molecule has 1 atom stereocenters. The van der Waals surface area contributed by atoms with Crippen molar-refractivity contribution in [2.75, 3.05) is 18.8 Å². The normalized spacial score (nSPS) is 19.5. The molecule has 1 aromatic rings. The fourth-order valence-corrected chi connectivity index (χ4v) is 2.58. The highest BCUT2D eigenvalue weighted by atomic mass is 16.2. The summed E-state index contributed by atoms with van der Waals surface area (Å²) in [6.07, 6.45) is 2.17. The highest BCUT2D eigenvalue weighted by Crippen LogP contribution is 2.27. The molecular formula is C15H23N3O. The van der Waals surface area contributed by atoms with Crippen molar-refractivity contribution in [1.29, 1.82) is 0 Å². The van der Waals surface area contributed by atoms with Crippen LogP contribution in [0, 0.1) is 0 Å². The van der Waals surface area contributed by atoms with E-state index in [1.165, 1.54) is 5.56 Å². The number of carbonyl (C=O) groups excluding carboxylic acids is 1. The molecule has 3 N–H and O–H groups in total. The summed E-state index contributed by atoms with van der Waals surface area (Å²) in [5.41, 5.74) is 7.86. The number of carbonyl (C=O) groups is 1. The van der Waals surface area contributed by atoms with Crippen LogP contribution in [0.5, 0.6) is 0 Å². The number of nitrogens with zero attached hydrogens (tertiary/aromatic N) is 1. The SMILES string of the molecule is CC(C)NC(=O)N1CCCC(c2cccc(N)c2)C1. The lowest BCUT2D eigenvalue weighted by Crippen LogP contribution is -2.46. The summed E-state index contributed by atoms with van der Waals surface area (Å²) in [5.74, 6) is 0.398. The zero-order chi connectivity index (χ0) is 13.8. The predicted octanol–water partition coefficient (Wildman–Crippen LogP) is 2.57. The molecule has 0 bridgehead atoms. The van der Waals surface area contributed by atoms with Crippen LogP contribution in [0.4, 0.5) is 10.5 Å². The number of likely N-dealkylation sites (tertiary alicyclic amines) is 1. The lowest BCUT2D eigenvalue weighted by molar-refractivity contribution is 0.177. The first-order chi connectivity index (χ1) is 9.06. The molecule has 1 fully saturated rings. The number of urea groups is 1. The third-order valence-electron chi connectivity index (χ3n) is 3.50. The molecule has 1 aromatic carbocycles. The number of piperidine rings is 1. The van der Waals surface area contributed by atoms with Crippen molar-refractivity contribution in [3.8, 4) is 0 Å². The summed E-state index contributed by atoms with van der Waals surface area (Å²) in [6.45, 7) is 5.59. The predicted molar refractivity (Wildman–Crippen MR) is 78.1 cm³/mol. The average Bonchev–Trinajstić information content (AvgIpc) is 2.38. The topological polar surface area (TPSA) is 58.4 Å². The van der Waals surface area contributed by atoms with Gasteiger partial charge in [-0.3, -0.25) is 0 Å². The van der Waals surface area contributed by atoms with E-state index in [2.05, 4.69) is 11.4 Å². The molecule has 104 valence electrons. The van der Waals surface area contributed by atoms with Gasteiger partial charge in [0.05, 0.1) is 0 Å². The van der Waals surface area contributed by atoms with E-state index < -0.39 is 0 Å². The minimum Gasteiger partial charge on any atom is -0.399 e. The lowest BCUT2D eigenvalue weighted by atomic mass is 9.90. The van der Waals surface area contributed by atoms with Gasteiger partial charge in [0.15, 0.2) is 0 Å². The number of nitrogen functional groups attached to an aromatic ring is 1. The van der Waals surface area contributed by atoms with Crippen LogP contribution in [-0.4, -0.2) is 30.1 Å². The van der Waals surface area contributed by atoms with Crippen LogP contribution < -0.4 is 11.1 Å². The molecule has 1 heterocycles. The monoisotopic (exact) mass is 261 g/mol. The van der Waals surface area contributed by atoms with Crippen molar-refractivity contribution in [2.24, 2.45) is 0 Å². The van der Waals surface area contributed by atoms with Crippen LogP contribution >= 0.6 is 0 Å². The van der Waals surface area contributed by atoms with E-state index in [-0.39, 0.29) is 12.1 Å². The summed E-state index contributed by atoms with van der Waals surface area (Å²) in [5, 5.41) is 2.96. The highest BCUT2D eigenvalue weighted by molar-refractivity contribution is 5.74. The third-order valence-corrected chi connectivity index (χ3v) is 3.50. The first-order valence-electron chi connectivity index (χ1n) is 6.97. The molecule has 2 amide bonds. The summed E-state index contributed by atoms with van der Waals surface area (Å²) < 4.78 is 0. The summed E-state index contributed by atoms with van der Waals surface area (Å²) >= 11 is 0. The van der Waals surface area contributed by atoms with Gasteiger partial charge in [0, 0.05) is 30.7 Å². The molecule has 0 spiro atoms. The number of benzene rings is 1. The summed E-state index contributed by atoms with van der Waals surface area (Å²) in [6, 6.07) is 8.23. The Bertz CT molecular complexity index is 445.